The fourth-order valence-corrected chi connectivity index (χ4v) is 5.65. The Bertz CT molecular complexity index is 449. The van der Waals surface area contributed by atoms with Crippen molar-refractivity contribution in [2.75, 3.05) is 25.2 Å². The molecular weight excluding hydrogens is 266 g/mol. The van der Waals surface area contributed by atoms with Crippen LogP contribution in [0, 0.1) is 10.8 Å². The van der Waals surface area contributed by atoms with Gasteiger partial charge < -0.3 is 10.5 Å². The highest BCUT2D eigenvalue weighted by Crippen LogP contribution is 2.53. The zero-order valence-corrected chi connectivity index (χ0v) is 12.3. The molecule has 0 spiro atoms. The second kappa shape index (κ2) is 5.05. The summed E-state index contributed by atoms with van der Waals surface area (Å²) in [6, 6.07) is 0. The molecule has 0 aromatic rings. The molecule has 0 saturated heterocycles. The Morgan fingerprint density at radius 1 is 1.16 bits per heavy atom. The van der Waals surface area contributed by atoms with Crippen molar-refractivity contribution < 1.29 is 17.9 Å². The summed E-state index contributed by atoms with van der Waals surface area (Å²) < 4.78 is 29.2. The van der Waals surface area contributed by atoms with Gasteiger partial charge in [0.15, 0.2) is 9.84 Å². The largest absolute Gasteiger partial charge is 0.469 e. The van der Waals surface area contributed by atoms with Crippen LogP contribution >= 0.6 is 0 Å². The van der Waals surface area contributed by atoms with E-state index in [1.54, 1.807) is 0 Å². The van der Waals surface area contributed by atoms with Crippen LogP contribution in [0.2, 0.25) is 0 Å². The minimum atomic E-state index is -3.11. The molecule has 2 fully saturated rings. The number of esters is 1. The monoisotopic (exact) mass is 289 g/mol. The molecule has 2 aliphatic rings. The molecule has 2 N–H and O–H groups in total. The summed E-state index contributed by atoms with van der Waals surface area (Å²) in [4.78, 5) is 11.3. The van der Waals surface area contributed by atoms with Gasteiger partial charge in [0.1, 0.15) is 0 Å². The lowest BCUT2D eigenvalue weighted by Gasteiger charge is -2.18. The summed E-state index contributed by atoms with van der Waals surface area (Å²) in [5.74, 6) is 0.0532. The zero-order valence-electron chi connectivity index (χ0n) is 11.5. The van der Waals surface area contributed by atoms with Gasteiger partial charge in [-0.2, -0.15) is 0 Å². The van der Waals surface area contributed by atoms with E-state index in [1.165, 1.54) is 7.11 Å². The van der Waals surface area contributed by atoms with Crippen molar-refractivity contribution in [3.63, 3.8) is 0 Å². The number of carbonyl (C=O) groups excluding carboxylic acids is 1. The third-order valence-electron chi connectivity index (χ3n) is 4.39. The normalized spacial score (nSPS) is 22.8. The summed E-state index contributed by atoms with van der Waals surface area (Å²) in [5, 5.41) is 0. The number of hydrogen-bond acceptors (Lipinski definition) is 5. The van der Waals surface area contributed by atoms with E-state index in [0.29, 0.717) is 6.54 Å². The third kappa shape index (κ3) is 3.92. The molecule has 0 amide bonds. The second-order valence-electron chi connectivity index (χ2n) is 6.32. The minimum Gasteiger partial charge on any atom is -0.469 e. The second-order valence-corrected chi connectivity index (χ2v) is 8.39. The molecular formula is C13H23NO4S. The highest BCUT2D eigenvalue weighted by Gasteiger charge is 2.51. The van der Waals surface area contributed by atoms with Crippen LogP contribution in [0.4, 0.5) is 0 Å². The molecule has 2 aliphatic carbocycles. The molecule has 0 heterocycles. The standard InChI is InChI=1S/C13H23NO4S/c1-18-11(15)8-13(4-5-13)10-19(16,17)9-12(2-3-12)6-7-14/h2-10,14H2,1H3. The van der Waals surface area contributed by atoms with E-state index in [1.807, 2.05) is 0 Å². The molecule has 6 heteroatoms. The number of carbonyl (C=O) groups is 1. The first-order chi connectivity index (χ1) is 8.84. The van der Waals surface area contributed by atoms with Gasteiger partial charge >= 0.3 is 5.97 Å². The topological polar surface area (TPSA) is 86.5 Å². The molecule has 0 atom stereocenters. The van der Waals surface area contributed by atoms with E-state index in [4.69, 9.17) is 5.73 Å². The summed E-state index contributed by atoms with van der Waals surface area (Å²) in [6.07, 6.45) is 4.57. The Morgan fingerprint density at radius 2 is 1.68 bits per heavy atom. The number of sulfone groups is 1. The van der Waals surface area contributed by atoms with E-state index in [0.717, 1.165) is 32.1 Å². The van der Waals surface area contributed by atoms with Crippen molar-refractivity contribution in [3.05, 3.63) is 0 Å². The lowest BCUT2D eigenvalue weighted by atomic mass is 10.1. The van der Waals surface area contributed by atoms with Crippen LogP contribution in [0.15, 0.2) is 0 Å². The van der Waals surface area contributed by atoms with Crippen molar-refractivity contribution >= 4 is 15.8 Å². The summed E-state index contributed by atoms with van der Waals surface area (Å²) in [5.41, 5.74) is 5.14. The molecule has 0 bridgehead atoms. The first kappa shape index (κ1) is 14.8. The van der Waals surface area contributed by atoms with Crippen molar-refractivity contribution in [1.82, 2.24) is 0 Å². The predicted octanol–water partition coefficient (Wildman–Crippen LogP) is 0.874. The van der Waals surface area contributed by atoms with Gasteiger partial charge in [0.2, 0.25) is 0 Å². The highest BCUT2D eigenvalue weighted by atomic mass is 32.2. The maximum Gasteiger partial charge on any atom is 0.306 e. The predicted molar refractivity (Wildman–Crippen MR) is 72.3 cm³/mol. The van der Waals surface area contributed by atoms with Gasteiger partial charge in [-0.15, -0.1) is 0 Å². The third-order valence-corrected chi connectivity index (χ3v) is 6.49. The van der Waals surface area contributed by atoms with Gasteiger partial charge in [-0.05, 0) is 49.5 Å². The van der Waals surface area contributed by atoms with Crippen LogP contribution in [-0.4, -0.2) is 39.5 Å². The van der Waals surface area contributed by atoms with E-state index in [-0.39, 0.29) is 34.7 Å². The molecule has 2 rings (SSSR count). The van der Waals surface area contributed by atoms with Crippen molar-refractivity contribution in [2.45, 2.75) is 38.5 Å². The molecule has 0 aromatic heterocycles. The quantitative estimate of drug-likeness (QED) is 0.670. The fraction of sp³-hybridized carbons (Fsp3) is 0.923. The smallest absolute Gasteiger partial charge is 0.306 e. The SMILES string of the molecule is COC(=O)CC1(CS(=O)(=O)CC2(CCN)CC2)CC1. The Balaban J connectivity index is 1.92. The number of methoxy groups -OCH3 is 1. The molecule has 0 unspecified atom stereocenters. The van der Waals surface area contributed by atoms with Crippen LogP contribution in [0.5, 0.6) is 0 Å². The molecule has 2 saturated carbocycles. The molecule has 0 aromatic carbocycles. The summed E-state index contributed by atoms with van der Waals surface area (Å²) in [7, 11) is -1.77. The number of hydrogen-bond donors (Lipinski definition) is 1. The van der Waals surface area contributed by atoms with Gasteiger partial charge in [-0.1, -0.05) is 0 Å². The van der Waals surface area contributed by atoms with Crippen LogP contribution in [-0.2, 0) is 19.4 Å². The molecule has 5 nitrogen and oxygen atoms in total. The molecule has 0 radical (unpaired) electrons. The number of ether oxygens (including phenoxy) is 1. The Labute approximate surface area is 114 Å². The van der Waals surface area contributed by atoms with Crippen molar-refractivity contribution in [1.29, 1.82) is 0 Å². The maximum absolute atomic E-state index is 12.3. The zero-order chi connectivity index (χ0) is 14.1. The highest BCUT2D eigenvalue weighted by molar-refractivity contribution is 7.91. The van der Waals surface area contributed by atoms with Gasteiger partial charge in [-0.25, -0.2) is 8.42 Å². The molecule has 19 heavy (non-hydrogen) atoms. The van der Waals surface area contributed by atoms with E-state index >= 15 is 0 Å². The first-order valence-corrected chi connectivity index (χ1v) is 8.64. The summed E-state index contributed by atoms with van der Waals surface area (Å²) in [6.45, 7) is 0.544. The van der Waals surface area contributed by atoms with Gasteiger partial charge in [0.05, 0.1) is 25.0 Å². The van der Waals surface area contributed by atoms with E-state index in [2.05, 4.69) is 4.74 Å². The van der Waals surface area contributed by atoms with Crippen LogP contribution in [0.25, 0.3) is 0 Å². The first-order valence-electron chi connectivity index (χ1n) is 6.82. The van der Waals surface area contributed by atoms with Crippen LogP contribution < -0.4 is 5.73 Å². The Morgan fingerprint density at radius 3 is 2.11 bits per heavy atom. The lowest BCUT2D eigenvalue weighted by molar-refractivity contribution is -0.141. The lowest BCUT2D eigenvalue weighted by Crippen LogP contribution is -2.27. The van der Waals surface area contributed by atoms with Crippen LogP contribution in [0.1, 0.15) is 38.5 Å². The molecule has 110 valence electrons. The Kier molecular flexibility index (Phi) is 3.93. The average molecular weight is 289 g/mol. The van der Waals surface area contributed by atoms with Gasteiger partial charge in [-0.3, -0.25) is 4.79 Å². The number of nitrogens with two attached hydrogens (primary N) is 1. The average Bonchev–Trinajstić information content (AvgIpc) is 3.19. The van der Waals surface area contributed by atoms with Crippen molar-refractivity contribution in [2.24, 2.45) is 16.6 Å². The van der Waals surface area contributed by atoms with Gasteiger partial charge in [0, 0.05) is 0 Å². The van der Waals surface area contributed by atoms with Crippen molar-refractivity contribution in [3.8, 4) is 0 Å². The molecule has 0 aliphatic heterocycles. The van der Waals surface area contributed by atoms with Crippen LogP contribution in [0.3, 0.4) is 0 Å². The number of rotatable bonds is 8. The minimum absolute atomic E-state index is 0.0606. The maximum atomic E-state index is 12.3. The summed E-state index contributed by atoms with van der Waals surface area (Å²) >= 11 is 0. The van der Waals surface area contributed by atoms with E-state index < -0.39 is 9.84 Å². The van der Waals surface area contributed by atoms with E-state index in [9.17, 15) is 13.2 Å². The van der Waals surface area contributed by atoms with Gasteiger partial charge in [0.25, 0.3) is 0 Å². The Hall–Kier alpha value is -0.620. The fourth-order valence-electron chi connectivity index (χ4n) is 2.86.